The third-order valence-corrected chi connectivity index (χ3v) is 21.4. The van der Waals surface area contributed by atoms with Crippen LogP contribution in [0.5, 0.6) is 0 Å². The summed E-state index contributed by atoms with van der Waals surface area (Å²) in [5.41, 5.74) is 7.11. The van der Waals surface area contributed by atoms with Gasteiger partial charge in [0.25, 0.3) is 0 Å². The Bertz CT molecular complexity index is 3420. The molecule has 0 spiro atoms. The summed E-state index contributed by atoms with van der Waals surface area (Å²) in [4.78, 5) is 0. The predicted octanol–water partition coefficient (Wildman–Crippen LogP) is 11.5. The van der Waals surface area contributed by atoms with Gasteiger partial charge >= 0.3 is 0 Å². The number of hydrogen-bond donors (Lipinski definition) is 0. The summed E-state index contributed by atoms with van der Waals surface area (Å²) < 4.78 is 16.4. The van der Waals surface area contributed by atoms with Crippen molar-refractivity contribution in [1.82, 2.24) is 0 Å². The van der Waals surface area contributed by atoms with Crippen LogP contribution in [0.25, 0.3) is 65.7 Å². The van der Waals surface area contributed by atoms with Gasteiger partial charge in [-0.2, -0.15) is 0 Å². The van der Waals surface area contributed by atoms with Crippen molar-refractivity contribution in [1.29, 1.82) is 0 Å². The van der Waals surface area contributed by atoms with Crippen molar-refractivity contribution < 1.29 is 4.57 Å². The average Bonchev–Trinajstić information content (AvgIpc) is 3.66. The zero-order chi connectivity index (χ0) is 42.0. The van der Waals surface area contributed by atoms with Gasteiger partial charge in [0.05, 0.1) is 0 Å². The quantitative estimate of drug-likeness (QED) is 0.0888. The van der Waals surface area contributed by atoms with Crippen molar-refractivity contribution in [3.05, 3.63) is 249 Å². The van der Waals surface area contributed by atoms with E-state index in [-0.39, 0.29) is 0 Å². The first-order chi connectivity index (χ1) is 31.1. The van der Waals surface area contributed by atoms with Gasteiger partial charge < -0.3 is 4.57 Å². The number of rotatable bonds is 7. The molecule has 0 unspecified atom stereocenters. The van der Waals surface area contributed by atoms with E-state index in [1.807, 2.05) is 12.1 Å². The highest BCUT2D eigenvalue weighted by Gasteiger charge is 2.48. The summed E-state index contributed by atoms with van der Waals surface area (Å²) in [7, 11) is -6.12. The Morgan fingerprint density at radius 2 is 0.667 bits per heavy atom. The van der Waals surface area contributed by atoms with Gasteiger partial charge in [0.2, 0.25) is 0 Å². The molecule has 0 N–H and O–H groups in total. The molecule has 0 saturated carbocycles. The highest BCUT2D eigenvalue weighted by molar-refractivity contribution is 7.85. The van der Waals surface area contributed by atoms with E-state index in [0.717, 1.165) is 48.9 Å². The molecule has 1 nitrogen and oxygen atoms in total. The van der Waals surface area contributed by atoms with Crippen LogP contribution in [0.2, 0.25) is 0 Å². The molecule has 0 aromatic heterocycles. The van der Waals surface area contributed by atoms with Gasteiger partial charge in [0.15, 0.2) is 15.2 Å². The molecule has 0 fully saturated rings. The summed E-state index contributed by atoms with van der Waals surface area (Å²) in [6.07, 6.45) is 0. The van der Waals surface area contributed by atoms with E-state index >= 15 is 4.57 Å². The molecule has 1 aliphatic rings. The number of benzene rings is 11. The standard InChI is InChI=1S/C60H41OPSi/c61-62(46-33-29-44(30-34-46)42-17-5-1-6-18-42,47-35-31-45(32-36-47)43-19-7-2-8-20-43)48-37-38-53-55(39-48)51-25-13-14-26-52(51)56-40-58-54-27-15-16-28-59(54)63(60(58)41-57(53)56,49-21-9-3-10-22-49)50-23-11-4-12-24-50/h1-41H. The van der Waals surface area contributed by atoms with Gasteiger partial charge in [-0.1, -0.05) is 237 Å². The molecule has 0 saturated heterocycles. The van der Waals surface area contributed by atoms with Crippen molar-refractivity contribution in [2.75, 3.05) is 0 Å². The van der Waals surface area contributed by atoms with Gasteiger partial charge in [-0.3, -0.25) is 0 Å². The molecular formula is C60H41OPSi. The van der Waals surface area contributed by atoms with Gasteiger partial charge in [-0.25, -0.2) is 0 Å². The maximum atomic E-state index is 16.4. The second-order valence-corrected chi connectivity index (χ2v) is 23.2. The Hall–Kier alpha value is -7.35. The molecule has 1 aliphatic heterocycles. The molecular weight excluding hydrogens is 796 g/mol. The summed E-state index contributed by atoms with van der Waals surface area (Å²) in [5, 5.41) is 15.2. The third kappa shape index (κ3) is 5.80. The fraction of sp³-hybridized carbons (Fsp3) is 0. The molecule has 0 amide bonds. The first-order valence-corrected chi connectivity index (χ1v) is 25.4. The van der Waals surface area contributed by atoms with Crippen LogP contribution < -0.4 is 36.7 Å². The van der Waals surface area contributed by atoms with Crippen molar-refractivity contribution in [2.45, 2.75) is 0 Å². The maximum absolute atomic E-state index is 16.4. The van der Waals surface area contributed by atoms with E-state index in [9.17, 15) is 0 Å². The number of fused-ring (bicyclic) bond motifs is 9. The molecule has 63 heavy (non-hydrogen) atoms. The minimum Gasteiger partial charge on any atom is -0.309 e. The molecule has 12 rings (SSSR count). The van der Waals surface area contributed by atoms with E-state index in [1.54, 1.807) is 0 Å². The van der Waals surface area contributed by atoms with Crippen LogP contribution in [0, 0.1) is 0 Å². The van der Waals surface area contributed by atoms with E-state index in [1.165, 1.54) is 53.4 Å². The van der Waals surface area contributed by atoms with Crippen molar-refractivity contribution in [2.24, 2.45) is 0 Å². The van der Waals surface area contributed by atoms with Crippen LogP contribution in [0.1, 0.15) is 0 Å². The summed E-state index contributed by atoms with van der Waals surface area (Å²) >= 11 is 0. The average molecular weight is 837 g/mol. The molecule has 11 aromatic rings. The fourth-order valence-corrected chi connectivity index (χ4v) is 18.3. The highest BCUT2D eigenvalue weighted by Crippen LogP contribution is 2.46. The fourth-order valence-electron chi connectivity index (χ4n) is 10.5. The smallest absolute Gasteiger partial charge is 0.180 e. The van der Waals surface area contributed by atoms with Crippen molar-refractivity contribution in [3.63, 3.8) is 0 Å². The van der Waals surface area contributed by atoms with Crippen molar-refractivity contribution >= 4 is 84.2 Å². The Labute approximate surface area is 369 Å². The Morgan fingerprint density at radius 1 is 0.270 bits per heavy atom. The summed E-state index contributed by atoms with van der Waals surface area (Å²) in [6.45, 7) is 0. The van der Waals surface area contributed by atoms with E-state index in [4.69, 9.17) is 0 Å². The monoisotopic (exact) mass is 836 g/mol. The topological polar surface area (TPSA) is 17.1 Å². The minimum absolute atomic E-state index is 0.816. The first kappa shape index (κ1) is 37.4. The van der Waals surface area contributed by atoms with Crippen LogP contribution in [0.3, 0.4) is 0 Å². The van der Waals surface area contributed by atoms with Gasteiger partial charge in [0, 0.05) is 15.9 Å². The zero-order valence-electron chi connectivity index (χ0n) is 34.5. The van der Waals surface area contributed by atoms with Gasteiger partial charge in [-0.05, 0) is 98.6 Å². The van der Waals surface area contributed by atoms with Crippen LogP contribution >= 0.6 is 7.14 Å². The van der Waals surface area contributed by atoms with Crippen molar-refractivity contribution in [3.8, 4) is 33.4 Å². The normalized spacial score (nSPS) is 13.0. The Balaban J connectivity index is 1.11. The molecule has 3 heteroatoms. The zero-order valence-corrected chi connectivity index (χ0v) is 36.4. The largest absolute Gasteiger partial charge is 0.309 e. The Kier molecular flexibility index (Phi) is 8.86. The number of hydrogen-bond acceptors (Lipinski definition) is 1. The molecule has 296 valence electrons. The lowest BCUT2D eigenvalue weighted by molar-refractivity contribution is 0.592. The maximum Gasteiger partial charge on any atom is 0.180 e. The lowest BCUT2D eigenvalue weighted by atomic mass is 9.92. The van der Waals surface area contributed by atoms with Crippen LogP contribution in [0.4, 0.5) is 0 Å². The predicted molar refractivity (Wildman–Crippen MR) is 272 cm³/mol. The third-order valence-electron chi connectivity index (χ3n) is 13.4. The molecule has 0 atom stereocenters. The molecule has 11 aromatic carbocycles. The SMILES string of the molecule is O=P(c1ccc(-c2ccccc2)cc1)(c1ccc(-c2ccccc2)cc1)c1ccc2c(c1)c1ccccc1c1cc3c(cc21)[Si](c1ccccc1)(c1ccccc1)c1ccccc1-3. The van der Waals surface area contributed by atoms with Crippen LogP contribution in [0.15, 0.2) is 249 Å². The highest BCUT2D eigenvalue weighted by atomic mass is 31.2. The lowest BCUT2D eigenvalue weighted by Crippen LogP contribution is -2.72. The second-order valence-electron chi connectivity index (χ2n) is 16.7. The van der Waals surface area contributed by atoms with E-state index in [0.29, 0.717) is 0 Å². The summed E-state index contributed by atoms with van der Waals surface area (Å²) in [5.74, 6) is 0. The van der Waals surface area contributed by atoms with E-state index in [2.05, 4.69) is 237 Å². The van der Waals surface area contributed by atoms with E-state index < -0.39 is 15.2 Å². The molecule has 0 aliphatic carbocycles. The minimum atomic E-state index is -3.39. The van der Waals surface area contributed by atoms with Gasteiger partial charge in [-0.15, -0.1) is 0 Å². The summed E-state index contributed by atoms with van der Waals surface area (Å²) in [6, 6.07) is 89.6. The Morgan fingerprint density at radius 3 is 1.21 bits per heavy atom. The van der Waals surface area contributed by atoms with Crippen LogP contribution in [-0.2, 0) is 4.57 Å². The van der Waals surface area contributed by atoms with Gasteiger partial charge in [0.1, 0.15) is 0 Å². The lowest BCUT2D eigenvalue weighted by Gasteiger charge is -2.31. The first-order valence-electron chi connectivity index (χ1n) is 21.7. The molecule has 1 heterocycles. The van der Waals surface area contributed by atoms with Crippen LogP contribution in [-0.4, -0.2) is 8.07 Å². The second kappa shape index (κ2) is 14.9. The molecule has 0 radical (unpaired) electrons. The molecule has 0 bridgehead atoms.